The molecule has 0 spiro atoms. The predicted molar refractivity (Wildman–Crippen MR) is 80.3 cm³/mol. The summed E-state index contributed by atoms with van der Waals surface area (Å²) in [5, 5.41) is 6.84. The first-order valence-corrected chi connectivity index (χ1v) is 7.12. The molecule has 0 bridgehead atoms. The van der Waals surface area contributed by atoms with Crippen molar-refractivity contribution in [3.8, 4) is 5.69 Å². The molecule has 6 heteroatoms. The van der Waals surface area contributed by atoms with Crippen molar-refractivity contribution in [3.63, 3.8) is 0 Å². The molecule has 112 valence electrons. The average molecular weight is 288 g/mol. The molecule has 21 heavy (non-hydrogen) atoms. The van der Waals surface area contributed by atoms with Crippen LogP contribution in [0.3, 0.4) is 0 Å². The Labute approximate surface area is 124 Å². The number of benzene rings is 1. The lowest BCUT2D eigenvalue weighted by atomic mass is 10.3. The van der Waals surface area contributed by atoms with Crippen molar-refractivity contribution in [1.82, 2.24) is 14.8 Å². The maximum atomic E-state index is 11.7. The number of carbonyl (C=O) groups is 1. The number of hydrogen-bond acceptors (Lipinski definition) is 4. The van der Waals surface area contributed by atoms with Gasteiger partial charge in [0.05, 0.1) is 5.69 Å². The van der Waals surface area contributed by atoms with Crippen LogP contribution >= 0.6 is 0 Å². The highest BCUT2D eigenvalue weighted by Crippen LogP contribution is 2.12. The summed E-state index contributed by atoms with van der Waals surface area (Å²) in [6, 6.07) is 7.39. The third-order valence-electron chi connectivity index (χ3n) is 2.96. The molecule has 1 aromatic carbocycles. The summed E-state index contributed by atoms with van der Waals surface area (Å²) >= 11 is 0. The molecule has 0 radical (unpaired) electrons. The predicted octanol–water partition coefficient (Wildman–Crippen LogP) is 2.41. The highest BCUT2D eigenvalue weighted by Gasteiger charge is 2.03. The molecular formula is C15H20N4O2. The molecule has 2 aromatic rings. The number of hydrogen-bond donors (Lipinski definition) is 1. The number of nitrogens with zero attached hydrogens (tertiary/aromatic N) is 3. The molecule has 1 heterocycles. The number of anilines is 1. The summed E-state index contributed by atoms with van der Waals surface area (Å²) in [6.45, 7) is 2.86. The zero-order valence-electron chi connectivity index (χ0n) is 12.2. The van der Waals surface area contributed by atoms with Crippen molar-refractivity contribution in [2.75, 3.05) is 18.5 Å². The van der Waals surface area contributed by atoms with E-state index in [2.05, 4.69) is 22.3 Å². The summed E-state index contributed by atoms with van der Waals surface area (Å²) < 4.78 is 6.97. The minimum atomic E-state index is -0.139. The van der Waals surface area contributed by atoms with Gasteiger partial charge in [0.25, 0.3) is 0 Å². The number of amides is 1. The van der Waals surface area contributed by atoms with E-state index in [4.69, 9.17) is 4.74 Å². The van der Waals surface area contributed by atoms with Crippen molar-refractivity contribution in [3.05, 3.63) is 36.9 Å². The van der Waals surface area contributed by atoms with Gasteiger partial charge in [0.1, 0.15) is 19.3 Å². The van der Waals surface area contributed by atoms with Crippen molar-refractivity contribution in [2.45, 2.75) is 26.2 Å². The Morgan fingerprint density at radius 2 is 2.10 bits per heavy atom. The van der Waals surface area contributed by atoms with Crippen LogP contribution in [0.2, 0.25) is 0 Å². The van der Waals surface area contributed by atoms with E-state index in [0.29, 0.717) is 6.61 Å². The summed E-state index contributed by atoms with van der Waals surface area (Å²) in [4.78, 5) is 15.6. The molecule has 0 unspecified atom stereocenters. The molecule has 6 nitrogen and oxygen atoms in total. The third kappa shape index (κ3) is 5.00. The van der Waals surface area contributed by atoms with Gasteiger partial charge in [-0.05, 0) is 30.7 Å². The van der Waals surface area contributed by atoms with Crippen LogP contribution in [0.4, 0.5) is 5.69 Å². The lowest BCUT2D eigenvalue weighted by molar-refractivity contribution is -0.120. The van der Waals surface area contributed by atoms with Crippen molar-refractivity contribution >= 4 is 11.6 Å². The van der Waals surface area contributed by atoms with E-state index in [1.807, 2.05) is 24.3 Å². The molecule has 1 amide bonds. The quantitative estimate of drug-likeness (QED) is 0.757. The molecule has 0 saturated carbocycles. The molecule has 1 aromatic heterocycles. The van der Waals surface area contributed by atoms with E-state index in [0.717, 1.165) is 30.6 Å². The first kappa shape index (κ1) is 15.2. The first-order chi connectivity index (χ1) is 10.3. The van der Waals surface area contributed by atoms with Gasteiger partial charge in [-0.2, -0.15) is 5.10 Å². The topological polar surface area (TPSA) is 69.0 Å². The van der Waals surface area contributed by atoms with Crippen molar-refractivity contribution < 1.29 is 9.53 Å². The number of rotatable bonds is 8. The lowest BCUT2D eigenvalue weighted by Crippen LogP contribution is -2.18. The Hall–Kier alpha value is -2.21. The fourth-order valence-corrected chi connectivity index (χ4v) is 1.86. The van der Waals surface area contributed by atoms with Gasteiger partial charge in [0.2, 0.25) is 5.91 Å². The van der Waals surface area contributed by atoms with Crippen molar-refractivity contribution in [1.29, 1.82) is 0 Å². The first-order valence-electron chi connectivity index (χ1n) is 7.12. The van der Waals surface area contributed by atoms with Gasteiger partial charge in [-0.3, -0.25) is 4.79 Å². The molecule has 0 aliphatic rings. The van der Waals surface area contributed by atoms with Crippen LogP contribution in [0.25, 0.3) is 5.69 Å². The number of nitrogens with one attached hydrogen (secondary N) is 1. The molecule has 1 N–H and O–H groups in total. The largest absolute Gasteiger partial charge is 0.372 e. The summed E-state index contributed by atoms with van der Waals surface area (Å²) in [5.74, 6) is -0.139. The second-order valence-electron chi connectivity index (χ2n) is 4.69. The van der Waals surface area contributed by atoms with E-state index in [9.17, 15) is 4.79 Å². The van der Waals surface area contributed by atoms with Crippen LogP contribution in [0.5, 0.6) is 0 Å². The molecule has 0 fully saturated rings. The molecular weight excluding hydrogens is 268 g/mol. The zero-order valence-corrected chi connectivity index (χ0v) is 12.2. The molecule has 0 aliphatic carbocycles. The van der Waals surface area contributed by atoms with Gasteiger partial charge >= 0.3 is 0 Å². The van der Waals surface area contributed by atoms with Crippen LogP contribution in [0.15, 0.2) is 36.9 Å². The van der Waals surface area contributed by atoms with Crippen LogP contribution < -0.4 is 5.32 Å². The monoisotopic (exact) mass is 288 g/mol. The van der Waals surface area contributed by atoms with E-state index in [1.54, 1.807) is 11.0 Å². The SMILES string of the molecule is CCCCCOCC(=O)Nc1ccc(-n2cncn2)cc1. The Morgan fingerprint density at radius 1 is 1.29 bits per heavy atom. The maximum Gasteiger partial charge on any atom is 0.250 e. The Kier molecular flexibility index (Phi) is 5.90. The second-order valence-corrected chi connectivity index (χ2v) is 4.69. The maximum absolute atomic E-state index is 11.7. The highest BCUT2D eigenvalue weighted by molar-refractivity contribution is 5.91. The smallest absolute Gasteiger partial charge is 0.250 e. The van der Waals surface area contributed by atoms with Crippen LogP contribution in [0.1, 0.15) is 26.2 Å². The molecule has 0 saturated heterocycles. The van der Waals surface area contributed by atoms with Gasteiger partial charge in [0, 0.05) is 12.3 Å². The standard InChI is InChI=1S/C15H20N4O2/c1-2-3-4-9-21-10-15(20)18-13-5-7-14(8-6-13)19-12-16-11-17-19/h5-8,11-12H,2-4,9-10H2,1H3,(H,18,20). The Morgan fingerprint density at radius 3 is 2.76 bits per heavy atom. The van der Waals surface area contributed by atoms with E-state index < -0.39 is 0 Å². The third-order valence-corrected chi connectivity index (χ3v) is 2.96. The van der Waals surface area contributed by atoms with Crippen LogP contribution in [-0.2, 0) is 9.53 Å². The molecule has 2 rings (SSSR count). The van der Waals surface area contributed by atoms with Gasteiger partial charge in [-0.25, -0.2) is 9.67 Å². The number of ether oxygens (including phenoxy) is 1. The Bertz CT molecular complexity index is 537. The van der Waals surface area contributed by atoms with Crippen molar-refractivity contribution in [2.24, 2.45) is 0 Å². The van der Waals surface area contributed by atoms with Gasteiger partial charge in [-0.15, -0.1) is 0 Å². The van der Waals surface area contributed by atoms with Gasteiger partial charge < -0.3 is 10.1 Å². The van der Waals surface area contributed by atoms with E-state index in [-0.39, 0.29) is 12.5 Å². The van der Waals surface area contributed by atoms with Gasteiger partial charge in [-0.1, -0.05) is 19.8 Å². The fraction of sp³-hybridized carbons (Fsp3) is 0.400. The molecule has 0 atom stereocenters. The zero-order chi connectivity index (χ0) is 14.9. The summed E-state index contributed by atoms with van der Waals surface area (Å²) in [6.07, 6.45) is 6.37. The minimum Gasteiger partial charge on any atom is -0.372 e. The van der Waals surface area contributed by atoms with Gasteiger partial charge in [0.15, 0.2) is 0 Å². The minimum absolute atomic E-state index is 0.0918. The average Bonchev–Trinajstić information content (AvgIpc) is 3.02. The summed E-state index contributed by atoms with van der Waals surface area (Å²) in [5.41, 5.74) is 1.63. The fourth-order valence-electron chi connectivity index (χ4n) is 1.86. The van der Waals surface area contributed by atoms with E-state index >= 15 is 0 Å². The van der Waals surface area contributed by atoms with Crippen LogP contribution in [-0.4, -0.2) is 33.9 Å². The number of unbranched alkanes of at least 4 members (excludes halogenated alkanes) is 2. The lowest BCUT2D eigenvalue weighted by Gasteiger charge is -2.07. The normalized spacial score (nSPS) is 10.5. The Balaban J connectivity index is 1.76. The molecule has 0 aliphatic heterocycles. The highest BCUT2D eigenvalue weighted by atomic mass is 16.5. The second kappa shape index (κ2) is 8.16. The van der Waals surface area contributed by atoms with Crippen LogP contribution in [0, 0.1) is 0 Å². The van der Waals surface area contributed by atoms with E-state index in [1.165, 1.54) is 6.33 Å². The number of carbonyl (C=O) groups excluding carboxylic acids is 1. The number of aromatic nitrogens is 3. The summed E-state index contributed by atoms with van der Waals surface area (Å²) in [7, 11) is 0.